The van der Waals surface area contributed by atoms with Gasteiger partial charge in [-0.2, -0.15) is 26.3 Å². The summed E-state index contributed by atoms with van der Waals surface area (Å²) in [7, 11) is 0. The second-order valence-electron chi connectivity index (χ2n) is 9.70. The number of halogens is 6. The first-order valence-electron chi connectivity index (χ1n) is 12.3. The molecule has 1 atom stereocenters. The fourth-order valence-electron chi connectivity index (χ4n) is 4.42. The molecule has 0 aliphatic carbocycles. The number of carbonyl (C=O) groups is 2. The minimum atomic E-state index is -4.58. The van der Waals surface area contributed by atoms with Crippen LogP contribution in [-0.4, -0.2) is 53.9 Å². The van der Waals surface area contributed by atoms with Gasteiger partial charge < -0.3 is 14.5 Å². The van der Waals surface area contributed by atoms with E-state index in [2.05, 4.69) is 0 Å². The van der Waals surface area contributed by atoms with Gasteiger partial charge in [0.05, 0.1) is 30.4 Å². The van der Waals surface area contributed by atoms with Crippen molar-refractivity contribution in [2.75, 3.05) is 26.2 Å². The van der Waals surface area contributed by atoms with Crippen LogP contribution in [0.3, 0.4) is 0 Å². The number of amides is 2. The summed E-state index contributed by atoms with van der Waals surface area (Å²) in [5.41, 5.74) is -1.46. The fraction of sp³-hybridized carbons (Fsp3) is 0.481. The third kappa shape index (κ3) is 7.96. The molecule has 5 nitrogen and oxygen atoms in total. The quantitative estimate of drug-likeness (QED) is 0.382. The van der Waals surface area contributed by atoms with Crippen molar-refractivity contribution in [3.63, 3.8) is 0 Å². The minimum Gasteiger partial charge on any atom is -0.375 e. The molecule has 38 heavy (non-hydrogen) atoms. The Hall–Kier alpha value is -3.08. The van der Waals surface area contributed by atoms with Crippen molar-refractivity contribution in [2.45, 2.75) is 51.7 Å². The van der Waals surface area contributed by atoms with Crippen LogP contribution in [0.15, 0.2) is 48.5 Å². The molecule has 0 spiro atoms. The molecule has 2 aromatic rings. The maximum Gasteiger partial charge on any atom is 0.416 e. The highest BCUT2D eigenvalue weighted by molar-refractivity contribution is 5.95. The molecule has 2 aromatic carbocycles. The first-order valence-corrected chi connectivity index (χ1v) is 12.3. The van der Waals surface area contributed by atoms with Crippen molar-refractivity contribution < 1.29 is 40.7 Å². The second kappa shape index (κ2) is 12.2. The summed E-state index contributed by atoms with van der Waals surface area (Å²) in [5, 5.41) is 0. The zero-order valence-corrected chi connectivity index (χ0v) is 21.1. The van der Waals surface area contributed by atoms with Crippen LogP contribution in [0.2, 0.25) is 0 Å². The smallest absolute Gasteiger partial charge is 0.375 e. The molecular weight excluding hydrogens is 514 g/mol. The third-order valence-corrected chi connectivity index (χ3v) is 6.27. The van der Waals surface area contributed by atoms with Gasteiger partial charge in [-0.05, 0) is 48.2 Å². The molecule has 2 amide bonds. The summed E-state index contributed by atoms with van der Waals surface area (Å²) < 4.78 is 83.9. The lowest BCUT2D eigenvalue weighted by Crippen LogP contribution is -2.45. The van der Waals surface area contributed by atoms with E-state index < -0.39 is 29.4 Å². The van der Waals surface area contributed by atoms with E-state index in [-0.39, 0.29) is 62.7 Å². The van der Waals surface area contributed by atoms with Gasteiger partial charge in [0.15, 0.2) is 0 Å². The molecule has 0 aromatic heterocycles. The van der Waals surface area contributed by atoms with Crippen molar-refractivity contribution in [2.24, 2.45) is 5.92 Å². The van der Waals surface area contributed by atoms with Crippen molar-refractivity contribution in [1.29, 1.82) is 0 Å². The molecule has 0 N–H and O–H groups in total. The van der Waals surface area contributed by atoms with Gasteiger partial charge >= 0.3 is 12.4 Å². The van der Waals surface area contributed by atoms with Crippen molar-refractivity contribution >= 4 is 11.8 Å². The number of ether oxygens (including phenoxy) is 1. The van der Waals surface area contributed by atoms with Gasteiger partial charge in [-0.25, -0.2) is 0 Å². The van der Waals surface area contributed by atoms with Crippen molar-refractivity contribution in [3.8, 4) is 0 Å². The number of hydrogen-bond donors (Lipinski definition) is 0. The lowest BCUT2D eigenvalue weighted by atomic mass is 10.0. The Morgan fingerprint density at radius 3 is 2.18 bits per heavy atom. The van der Waals surface area contributed by atoms with Gasteiger partial charge in [0.25, 0.3) is 5.91 Å². The van der Waals surface area contributed by atoms with E-state index in [0.717, 1.165) is 24.3 Å². The highest BCUT2D eigenvalue weighted by atomic mass is 19.4. The highest BCUT2D eigenvalue weighted by Gasteiger charge is 2.33. The number of nitrogens with zero attached hydrogens (tertiary/aromatic N) is 2. The molecule has 11 heteroatoms. The Morgan fingerprint density at radius 2 is 1.55 bits per heavy atom. The zero-order valence-electron chi connectivity index (χ0n) is 21.1. The summed E-state index contributed by atoms with van der Waals surface area (Å²) in [6.45, 7) is 4.29. The summed E-state index contributed by atoms with van der Waals surface area (Å²) >= 11 is 0. The summed E-state index contributed by atoms with van der Waals surface area (Å²) in [6.07, 6.45) is -8.49. The van der Waals surface area contributed by atoms with Gasteiger partial charge in [0.2, 0.25) is 5.91 Å². The topological polar surface area (TPSA) is 49.9 Å². The predicted octanol–water partition coefficient (Wildman–Crippen LogP) is 6.03. The van der Waals surface area contributed by atoms with E-state index in [1.165, 1.54) is 29.2 Å². The highest BCUT2D eigenvalue weighted by Crippen LogP contribution is 2.31. The van der Waals surface area contributed by atoms with Crippen LogP contribution in [0.25, 0.3) is 0 Å². The van der Waals surface area contributed by atoms with Crippen LogP contribution in [-0.2, 0) is 28.5 Å². The predicted molar refractivity (Wildman–Crippen MR) is 128 cm³/mol. The van der Waals surface area contributed by atoms with Crippen LogP contribution in [0, 0.1) is 5.92 Å². The van der Waals surface area contributed by atoms with Gasteiger partial charge in [0, 0.05) is 31.6 Å². The van der Waals surface area contributed by atoms with E-state index >= 15 is 0 Å². The van der Waals surface area contributed by atoms with Gasteiger partial charge in [-0.3, -0.25) is 9.59 Å². The summed E-state index contributed by atoms with van der Waals surface area (Å²) in [5.74, 6) is -0.638. The molecule has 0 radical (unpaired) electrons. The normalized spacial score (nSPS) is 16.1. The summed E-state index contributed by atoms with van der Waals surface area (Å²) in [4.78, 5) is 28.9. The molecule has 0 unspecified atom stereocenters. The molecule has 3 rings (SSSR count). The van der Waals surface area contributed by atoms with Crippen molar-refractivity contribution in [3.05, 3.63) is 70.8 Å². The van der Waals surface area contributed by atoms with Crippen molar-refractivity contribution in [1.82, 2.24) is 9.80 Å². The Morgan fingerprint density at radius 1 is 0.921 bits per heavy atom. The van der Waals surface area contributed by atoms with Crippen LogP contribution in [0.1, 0.15) is 53.7 Å². The van der Waals surface area contributed by atoms with Gasteiger partial charge in [-0.1, -0.05) is 32.0 Å². The zero-order chi connectivity index (χ0) is 28.1. The first-order chi connectivity index (χ1) is 17.8. The Bertz CT molecular complexity index is 1120. The molecule has 0 saturated carbocycles. The largest absolute Gasteiger partial charge is 0.416 e. The van der Waals surface area contributed by atoms with Crippen LogP contribution >= 0.6 is 0 Å². The average molecular weight is 545 g/mol. The molecule has 1 saturated heterocycles. The molecule has 1 fully saturated rings. The van der Waals surface area contributed by atoms with Gasteiger partial charge in [-0.15, -0.1) is 0 Å². The van der Waals surface area contributed by atoms with E-state index in [1.807, 2.05) is 13.8 Å². The summed E-state index contributed by atoms with van der Waals surface area (Å²) in [6, 6.07) is 8.63. The average Bonchev–Trinajstić information content (AvgIpc) is 3.03. The molecule has 1 aliphatic heterocycles. The lowest BCUT2D eigenvalue weighted by Gasteiger charge is -2.32. The van der Waals surface area contributed by atoms with Crippen LogP contribution in [0.5, 0.6) is 0 Å². The number of rotatable bonds is 8. The van der Waals surface area contributed by atoms with E-state index in [0.29, 0.717) is 12.0 Å². The maximum absolute atomic E-state index is 13.1. The van der Waals surface area contributed by atoms with Gasteiger partial charge in [0.1, 0.15) is 0 Å². The fourth-order valence-corrected chi connectivity index (χ4v) is 4.42. The first kappa shape index (κ1) is 29.5. The lowest BCUT2D eigenvalue weighted by molar-refractivity contribution is -0.138. The second-order valence-corrected chi connectivity index (χ2v) is 9.70. The third-order valence-electron chi connectivity index (χ3n) is 6.27. The molecule has 1 aliphatic rings. The number of alkyl halides is 6. The SMILES string of the molecule is CC(C)C[C@@H](COCc1cccc(C(F)(F)F)c1)N1CCN(C(=O)c2cccc(C(F)(F)F)c2)CCC1=O. The monoisotopic (exact) mass is 544 g/mol. The number of benzene rings is 2. The Labute approximate surface area is 217 Å². The molecule has 208 valence electrons. The Balaban J connectivity index is 1.67. The Kier molecular flexibility index (Phi) is 9.45. The van der Waals surface area contributed by atoms with Crippen LogP contribution < -0.4 is 0 Å². The molecular formula is C27H30F6N2O3. The van der Waals surface area contributed by atoms with E-state index in [4.69, 9.17) is 4.74 Å². The van der Waals surface area contributed by atoms with E-state index in [9.17, 15) is 35.9 Å². The molecule has 1 heterocycles. The number of hydrogen-bond acceptors (Lipinski definition) is 3. The van der Waals surface area contributed by atoms with E-state index in [1.54, 1.807) is 4.90 Å². The maximum atomic E-state index is 13.1. The minimum absolute atomic E-state index is 0.00702. The standard InChI is InChI=1S/C27H30F6N2O3/c1-18(2)13-23(17-38-16-19-5-3-7-21(14-19)26(28,29)30)35-12-11-34(10-9-24(35)36)25(37)20-6-4-8-22(15-20)27(31,32)33/h3-8,14-15,18,23H,9-13,16-17H2,1-2H3/t23-/m0/s1. The molecule has 0 bridgehead atoms. The van der Waals surface area contributed by atoms with Crippen LogP contribution in [0.4, 0.5) is 26.3 Å². The number of carbonyl (C=O) groups excluding carboxylic acids is 2.